The highest BCUT2D eigenvalue weighted by Gasteiger charge is 2.53. The fourth-order valence-electron chi connectivity index (χ4n) is 0.760. The van der Waals surface area contributed by atoms with E-state index in [1.807, 2.05) is 0 Å². The van der Waals surface area contributed by atoms with Gasteiger partial charge in [0.2, 0.25) is 6.10 Å². The molecule has 3 unspecified atom stereocenters. The lowest BCUT2D eigenvalue weighted by molar-refractivity contribution is -0.228. The van der Waals surface area contributed by atoms with Crippen LogP contribution in [0.4, 0.5) is 17.6 Å². The van der Waals surface area contributed by atoms with Crippen LogP contribution < -0.4 is 0 Å². The zero-order chi connectivity index (χ0) is 11.6. The molecule has 3 atom stereocenters. The van der Waals surface area contributed by atoms with Crippen LogP contribution in [0, 0.1) is 0 Å². The molecule has 0 radical (unpaired) electrons. The predicted octanol–water partition coefficient (Wildman–Crippen LogP) is 1.87. The van der Waals surface area contributed by atoms with E-state index in [0.717, 1.165) is 6.92 Å². The second kappa shape index (κ2) is 4.54. The Morgan fingerprint density at radius 1 is 1.43 bits per heavy atom. The highest BCUT2D eigenvalue weighted by atomic mass is 32.2. The molecule has 0 saturated heterocycles. The lowest BCUT2D eigenvalue weighted by Crippen LogP contribution is -2.47. The van der Waals surface area contributed by atoms with Crippen molar-refractivity contribution in [1.82, 2.24) is 0 Å². The summed E-state index contributed by atoms with van der Waals surface area (Å²) in [6.07, 6.45) is -8.52. The van der Waals surface area contributed by atoms with E-state index < -0.39 is 35.7 Å². The minimum atomic E-state index is -5.06. The van der Waals surface area contributed by atoms with E-state index in [9.17, 15) is 26.3 Å². The third-order valence-electron chi connectivity index (χ3n) is 1.71. The molecule has 0 bridgehead atoms. The molecule has 0 aromatic rings. The van der Waals surface area contributed by atoms with Crippen molar-refractivity contribution < 1.29 is 30.5 Å². The summed E-state index contributed by atoms with van der Waals surface area (Å²) in [5, 5.41) is 0. The Morgan fingerprint density at radius 3 is 2.07 bits per heavy atom. The van der Waals surface area contributed by atoms with E-state index >= 15 is 0 Å². The van der Waals surface area contributed by atoms with Gasteiger partial charge in [0.05, 0.1) is 11.4 Å². The first-order valence-corrected chi connectivity index (χ1v) is 4.63. The van der Waals surface area contributed by atoms with Crippen molar-refractivity contribution in [2.24, 2.45) is 0 Å². The number of halogens is 4. The second-order valence-electron chi connectivity index (χ2n) is 2.85. The number of rotatable bonds is 4. The molecule has 0 aliphatic heterocycles. The Balaban J connectivity index is 4.82. The van der Waals surface area contributed by atoms with Crippen molar-refractivity contribution in [3.05, 3.63) is 0 Å². The lowest BCUT2D eigenvalue weighted by atomic mass is 9.98. The molecule has 8 heteroatoms. The van der Waals surface area contributed by atoms with E-state index in [1.165, 1.54) is 0 Å². The van der Waals surface area contributed by atoms with Crippen molar-refractivity contribution in [2.75, 3.05) is 0 Å². The summed E-state index contributed by atoms with van der Waals surface area (Å²) < 4.78 is 72.9. The first kappa shape index (κ1) is 13.8. The summed E-state index contributed by atoms with van der Waals surface area (Å²) >= 11 is -3.40. The van der Waals surface area contributed by atoms with Gasteiger partial charge in [0, 0.05) is 0 Å². The second-order valence-corrected chi connectivity index (χ2v) is 3.45. The van der Waals surface area contributed by atoms with Crippen molar-refractivity contribution in [1.29, 1.82) is 0 Å². The van der Waals surface area contributed by atoms with Crippen LogP contribution in [0.15, 0.2) is 0 Å². The number of hydrogen-bond donors (Lipinski definition) is 0. The quantitative estimate of drug-likeness (QED) is 0.554. The van der Waals surface area contributed by atoms with Gasteiger partial charge in [-0.05, 0) is 13.3 Å². The normalized spacial score (nSPS) is 21.4. The molecule has 0 amide bonds. The lowest BCUT2D eigenvalue weighted by Gasteiger charge is -2.30. The van der Waals surface area contributed by atoms with E-state index in [0.29, 0.717) is 6.92 Å². The third-order valence-corrected chi connectivity index (χ3v) is 2.06. The molecular weight excluding hydrogens is 228 g/mol. The summed E-state index contributed by atoms with van der Waals surface area (Å²) in [4.78, 5) is 0. The molecule has 0 aliphatic carbocycles. The van der Waals surface area contributed by atoms with Crippen LogP contribution in [0.2, 0.25) is 0 Å². The molecule has 0 heterocycles. The average Bonchev–Trinajstić information content (AvgIpc) is 1.98. The average molecular weight is 237 g/mol. The van der Waals surface area contributed by atoms with Crippen molar-refractivity contribution in [3.63, 3.8) is 0 Å². The standard InChI is InChI=1S/C6H10F4O3S/c1-3-5(2,7)4(6(8,9)10)13-14(11)12/h4H,3H2,1-2H3,(H,11,12)/p-1. The molecular formula is C6H9F4O3S-. The van der Waals surface area contributed by atoms with Gasteiger partial charge < -0.3 is 4.55 Å². The molecule has 0 spiro atoms. The Bertz CT molecular complexity index is 216. The molecule has 0 rings (SSSR count). The van der Waals surface area contributed by atoms with Gasteiger partial charge in [-0.25, -0.2) is 8.60 Å². The monoisotopic (exact) mass is 237 g/mol. The van der Waals surface area contributed by atoms with Crippen molar-refractivity contribution in [2.45, 2.75) is 38.2 Å². The summed E-state index contributed by atoms with van der Waals surface area (Å²) in [6, 6.07) is 0. The molecule has 0 aromatic heterocycles. The number of hydrogen-bond acceptors (Lipinski definition) is 3. The van der Waals surface area contributed by atoms with Crippen LogP contribution in [-0.4, -0.2) is 26.7 Å². The fourth-order valence-corrected chi connectivity index (χ4v) is 1.23. The Kier molecular flexibility index (Phi) is 4.47. The molecule has 86 valence electrons. The van der Waals surface area contributed by atoms with Crippen molar-refractivity contribution in [3.8, 4) is 0 Å². The van der Waals surface area contributed by atoms with Gasteiger partial charge in [0.15, 0.2) is 0 Å². The summed E-state index contributed by atoms with van der Waals surface area (Å²) in [6.45, 7) is 1.80. The Labute approximate surface area is 80.9 Å². The van der Waals surface area contributed by atoms with Gasteiger partial charge in [0.1, 0.15) is 5.67 Å². The SMILES string of the molecule is CCC(C)(F)C(OS(=O)[O-])C(F)(F)F. The Morgan fingerprint density at radius 2 is 1.86 bits per heavy atom. The maximum atomic E-state index is 13.2. The van der Waals surface area contributed by atoms with Gasteiger partial charge in [0.25, 0.3) is 0 Å². The van der Waals surface area contributed by atoms with Gasteiger partial charge in [-0.3, -0.25) is 4.18 Å². The third kappa shape index (κ3) is 3.89. The minimum Gasteiger partial charge on any atom is -0.750 e. The largest absolute Gasteiger partial charge is 0.750 e. The van der Waals surface area contributed by atoms with E-state index in [1.54, 1.807) is 0 Å². The predicted molar refractivity (Wildman–Crippen MR) is 39.7 cm³/mol. The maximum absolute atomic E-state index is 13.2. The zero-order valence-corrected chi connectivity index (χ0v) is 8.25. The summed E-state index contributed by atoms with van der Waals surface area (Å²) in [7, 11) is 0. The highest BCUT2D eigenvalue weighted by Crippen LogP contribution is 2.35. The van der Waals surface area contributed by atoms with E-state index in [-0.39, 0.29) is 0 Å². The van der Waals surface area contributed by atoms with Gasteiger partial charge >= 0.3 is 6.18 Å². The first-order valence-electron chi connectivity index (χ1n) is 3.63. The van der Waals surface area contributed by atoms with Gasteiger partial charge in [-0.1, -0.05) is 6.92 Å². The van der Waals surface area contributed by atoms with Crippen molar-refractivity contribution >= 4 is 11.4 Å². The molecule has 0 N–H and O–H groups in total. The van der Waals surface area contributed by atoms with Crippen LogP contribution in [0.3, 0.4) is 0 Å². The van der Waals surface area contributed by atoms with E-state index in [4.69, 9.17) is 0 Å². The Hall–Kier alpha value is -0.210. The molecule has 0 aliphatic rings. The first-order chi connectivity index (χ1) is 6.11. The molecule has 0 saturated carbocycles. The van der Waals surface area contributed by atoms with Crippen LogP contribution in [0.5, 0.6) is 0 Å². The number of alkyl halides is 4. The maximum Gasteiger partial charge on any atom is 0.419 e. The van der Waals surface area contributed by atoms with Crippen LogP contribution >= 0.6 is 0 Å². The molecule has 14 heavy (non-hydrogen) atoms. The molecule has 0 fully saturated rings. The van der Waals surface area contributed by atoms with Crippen LogP contribution in [0.25, 0.3) is 0 Å². The molecule has 3 nitrogen and oxygen atoms in total. The smallest absolute Gasteiger partial charge is 0.419 e. The fraction of sp³-hybridized carbons (Fsp3) is 1.00. The van der Waals surface area contributed by atoms with Gasteiger partial charge in [-0.15, -0.1) is 0 Å². The van der Waals surface area contributed by atoms with Crippen LogP contribution in [0.1, 0.15) is 20.3 Å². The van der Waals surface area contributed by atoms with E-state index in [2.05, 4.69) is 4.18 Å². The highest BCUT2D eigenvalue weighted by molar-refractivity contribution is 7.74. The van der Waals surface area contributed by atoms with Crippen LogP contribution in [-0.2, 0) is 15.5 Å². The molecule has 0 aromatic carbocycles. The summed E-state index contributed by atoms with van der Waals surface area (Å²) in [5.74, 6) is 0. The van der Waals surface area contributed by atoms with Gasteiger partial charge in [-0.2, -0.15) is 13.2 Å². The zero-order valence-electron chi connectivity index (χ0n) is 7.43. The summed E-state index contributed by atoms with van der Waals surface area (Å²) in [5.41, 5.74) is -2.77. The topological polar surface area (TPSA) is 49.4 Å². The minimum absolute atomic E-state index is 0.506.